The lowest BCUT2D eigenvalue weighted by Gasteiger charge is -2.30. The van der Waals surface area contributed by atoms with Gasteiger partial charge in [-0.2, -0.15) is 0 Å². The molecule has 1 atom stereocenters. The molecule has 0 fully saturated rings. The summed E-state index contributed by atoms with van der Waals surface area (Å²) in [5, 5.41) is 3.59. The first-order chi connectivity index (χ1) is 8.47. The van der Waals surface area contributed by atoms with Crippen LogP contribution in [-0.2, 0) is 13.5 Å². The zero-order valence-corrected chi connectivity index (χ0v) is 12.7. The maximum Gasteiger partial charge on any atom is 0.108 e. The van der Waals surface area contributed by atoms with Crippen LogP contribution in [0.5, 0.6) is 0 Å². The minimum absolute atomic E-state index is 0.380. The van der Waals surface area contributed by atoms with Crippen molar-refractivity contribution in [1.82, 2.24) is 14.9 Å². The lowest BCUT2D eigenvalue weighted by atomic mass is 9.80. The molecule has 3 nitrogen and oxygen atoms in total. The normalized spacial score (nSPS) is 15.0. The van der Waals surface area contributed by atoms with Gasteiger partial charge in [-0.3, -0.25) is 0 Å². The predicted molar refractivity (Wildman–Crippen MR) is 77.7 cm³/mol. The van der Waals surface area contributed by atoms with Crippen molar-refractivity contribution in [1.29, 1.82) is 0 Å². The fraction of sp³-hybridized carbons (Fsp3) is 0.800. The molecule has 1 N–H and O–H groups in total. The van der Waals surface area contributed by atoms with Crippen LogP contribution in [0.3, 0.4) is 0 Å². The second-order valence-corrected chi connectivity index (χ2v) is 6.05. The highest BCUT2D eigenvalue weighted by Crippen LogP contribution is 2.28. The molecule has 0 saturated carbocycles. The van der Waals surface area contributed by atoms with E-state index in [2.05, 4.69) is 49.6 Å². The van der Waals surface area contributed by atoms with E-state index in [0.717, 1.165) is 13.0 Å². The summed E-state index contributed by atoms with van der Waals surface area (Å²) in [6, 6.07) is 0.564. The summed E-state index contributed by atoms with van der Waals surface area (Å²) < 4.78 is 2.13. The molecule has 0 spiro atoms. The number of rotatable bonds is 8. The number of aryl methyl sites for hydroxylation is 2. The topological polar surface area (TPSA) is 29.9 Å². The Bertz CT molecular complexity index is 343. The number of hydrogen-bond donors (Lipinski definition) is 1. The quantitative estimate of drug-likeness (QED) is 0.769. The number of hydrogen-bond acceptors (Lipinski definition) is 2. The summed E-state index contributed by atoms with van der Waals surface area (Å²) in [6.45, 7) is 10.2. The van der Waals surface area contributed by atoms with Crippen molar-refractivity contribution in [2.45, 2.75) is 59.4 Å². The summed E-state index contributed by atoms with van der Waals surface area (Å²) in [5.41, 5.74) is 0.380. The van der Waals surface area contributed by atoms with Crippen LogP contribution in [-0.4, -0.2) is 22.1 Å². The highest BCUT2D eigenvalue weighted by molar-refractivity contribution is 4.93. The van der Waals surface area contributed by atoms with Crippen LogP contribution >= 0.6 is 0 Å². The van der Waals surface area contributed by atoms with E-state index in [1.165, 1.54) is 25.1 Å². The first kappa shape index (κ1) is 15.2. The van der Waals surface area contributed by atoms with E-state index >= 15 is 0 Å². The predicted octanol–water partition coefficient (Wildman–Crippen LogP) is 3.16. The third-order valence-corrected chi connectivity index (χ3v) is 3.66. The van der Waals surface area contributed by atoms with Gasteiger partial charge in [-0.15, -0.1) is 0 Å². The Labute approximate surface area is 112 Å². The standard InChI is InChI=1S/C15H29N3/c1-6-8-15(4,12-17-13(2)3)9-7-14-16-10-11-18(14)5/h10-11,13,17H,6-9,12H2,1-5H3. The number of imidazole rings is 1. The molecule has 0 bridgehead atoms. The van der Waals surface area contributed by atoms with Gasteiger partial charge in [-0.25, -0.2) is 4.98 Å². The molecule has 18 heavy (non-hydrogen) atoms. The minimum Gasteiger partial charge on any atom is -0.338 e. The molecule has 0 amide bonds. The number of nitrogens with one attached hydrogen (secondary N) is 1. The summed E-state index contributed by atoms with van der Waals surface area (Å²) in [7, 11) is 2.08. The Morgan fingerprint density at radius 1 is 1.39 bits per heavy atom. The van der Waals surface area contributed by atoms with Gasteiger partial charge in [0.2, 0.25) is 0 Å². The molecule has 0 aliphatic rings. The van der Waals surface area contributed by atoms with Crippen LogP contribution in [0.15, 0.2) is 12.4 Å². The van der Waals surface area contributed by atoms with Gasteiger partial charge in [0.15, 0.2) is 0 Å². The third-order valence-electron chi connectivity index (χ3n) is 3.66. The van der Waals surface area contributed by atoms with Gasteiger partial charge in [0.05, 0.1) is 0 Å². The summed E-state index contributed by atoms with van der Waals surface area (Å²) in [5.74, 6) is 1.20. The van der Waals surface area contributed by atoms with Gasteiger partial charge in [-0.05, 0) is 18.3 Å². The highest BCUT2D eigenvalue weighted by atomic mass is 15.0. The van der Waals surface area contributed by atoms with E-state index in [-0.39, 0.29) is 0 Å². The first-order valence-electron chi connectivity index (χ1n) is 7.16. The van der Waals surface area contributed by atoms with Gasteiger partial charge in [0.1, 0.15) is 5.82 Å². The zero-order valence-electron chi connectivity index (χ0n) is 12.7. The van der Waals surface area contributed by atoms with E-state index in [4.69, 9.17) is 0 Å². The van der Waals surface area contributed by atoms with Crippen molar-refractivity contribution in [3.05, 3.63) is 18.2 Å². The Morgan fingerprint density at radius 3 is 2.61 bits per heavy atom. The molecule has 0 saturated heterocycles. The van der Waals surface area contributed by atoms with Gasteiger partial charge in [0, 0.05) is 38.4 Å². The monoisotopic (exact) mass is 251 g/mol. The van der Waals surface area contributed by atoms with Crippen LogP contribution in [0, 0.1) is 5.41 Å². The van der Waals surface area contributed by atoms with Crippen LogP contribution in [0.4, 0.5) is 0 Å². The second-order valence-electron chi connectivity index (χ2n) is 6.05. The molecule has 1 aromatic heterocycles. The van der Waals surface area contributed by atoms with Crippen molar-refractivity contribution in [3.8, 4) is 0 Å². The van der Waals surface area contributed by atoms with Crippen molar-refractivity contribution < 1.29 is 0 Å². The van der Waals surface area contributed by atoms with Crippen molar-refractivity contribution in [3.63, 3.8) is 0 Å². The Balaban J connectivity index is 2.53. The lowest BCUT2D eigenvalue weighted by Crippen LogP contribution is -2.36. The SMILES string of the molecule is CCCC(C)(CCc1nccn1C)CNC(C)C. The first-order valence-corrected chi connectivity index (χ1v) is 7.16. The molecule has 1 unspecified atom stereocenters. The number of aromatic nitrogens is 2. The average Bonchev–Trinajstić information content (AvgIpc) is 2.70. The molecule has 1 rings (SSSR count). The molecule has 104 valence electrons. The molecule has 3 heteroatoms. The van der Waals surface area contributed by atoms with Crippen LogP contribution in [0.1, 0.15) is 52.8 Å². The summed E-state index contributed by atoms with van der Waals surface area (Å²) in [6.07, 6.45) is 8.71. The molecule has 1 aromatic rings. The van der Waals surface area contributed by atoms with Crippen molar-refractivity contribution in [2.75, 3.05) is 6.54 Å². The van der Waals surface area contributed by atoms with E-state index in [1.54, 1.807) is 0 Å². The smallest absolute Gasteiger partial charge is 0.108 e. The molecule has 0 aliphatic carbocycles. The molecule has 0 radical (unpaired) electrons. The lowest BCUT2D eigenvalue weighted by molar-refractivity contribution is 0.246. The van der Waals surface area contributed by atoms with Gasteiger partial charge < -0.3 is 9.88 Å². The second kappa shape index (κ2) is 6.93. The Hall–Kier alpha value is -0.830. The fourth-order valence-electron chi connectivity index (χ4n) is 2.41. The maximum atomic E-state index is 4.42. The largest absolute Gasteiger partial charge is 0.338 e. The molecular weight excluding hydrogens is 222 g/mol. The van der Waals surface area contributed by atoms with Crippen LogP contribution in [0.25, 0.3) is 0 Å². The van der Waals surface area contributed by atoms with Gasteiger partial charge in [-0.1, -0.05) is 34.1 Å². The van der Waals surface area contributed by atoms with E-state index in [0.29, 0.717) is 11.5 Å². The van der Waals surface area contributed by atoms with E-state index < -0.39 is 0 Å². The summed E-state index contributed by atoms with van der Waals surface area (Å²) >= 11 is 0. The van der Waals surface area contributed by atoms with Crippen molar-refractivity contribution >= 4 is 0 Å². The Kier molecular flexibility index (Phi) is 5.86. The molecular formula is C15H29N3. The maximum absolute atomic E-state index is 4.42. The third kappa shape index (κ3) is 4.81. The fourth-order valence-corrected chi connectivity index (χ4v) is 2.41. The van der Waals surface area contributed by atoms with E-state index in [9.17, 15) is 0 Å². The van der Waals surface area contributed by atoms with Gasteiger partial charge >= 0.3 is 0 Å². The Morgan fingerprint density at radius 2 is 2.11 bits per heavy atom. The zero-order chi connectivity index (χ0) is 13.6. The molecule has 0 aromatic carbocycles. The number of nitrogens with zero attached hydrogens (tertiary/aromatic N) is 2. The van der Waals surface area contributed by atoms with Gasteiger partial charge in [0.25, 0.3) is 0 Å². The van der Waals surface area contributed by atoms with Crippen LogP contribution in [0.2, 0.25) is 0 Å². The summed E-state index contributed by atoms with van der Waals surface area (Å²) in [4.78, 5) is 4.42. The minimum atomic E-state index is 0.380. The van der Waals surface area contributed by atoms with Crippen LogP contribution < -0.4 is 5.32 Å². The average molecular weight is 251 g/mol. The van der Waals surface area contributed by atoms with E-state index in [1.807, 2.05) is 12.4 Å². The highest BCUT2D eigenvalue weighted by Gasteiger charge is 2.23. The molecule has 0 aliphatic heterocycles. The molecule has 1 heterocycles. The van der Waals surface area contributed by atoms with Crippen molar-refractivity contribution in [2.24, 2.45) is 12.5 Å².